The van der Waals surface area contributed by atoms with Gasteiger partial charge in [-0.15, -0.1) is 0 Å². The van der Waals surface area contributed by atoms with Crippen molar-refractivity contribution in [1.29, 1.82) is 0 Å². The van der Waals surface area contributed by atoms with Crippen LogP contribution < -0.4 is 10.6 Å². The molecule has 7 nitrogen and oxygen atoms in total. The first-order chi connectivity index (χ1) is 16.7. The number of nitrogens with zero attached hydrogens (tertiary/aromatic N) is 1. The summed E-state index contributed by atoms with van der Waals surface area (Å²) in [6, 6.07) is 6.22. The highest BCUT2D eigenvalue weighted by molar-refractivity contribution is 7.89. The number of piperidine rings is 1. The summed E-state index contributed by atoms with van der Waals surface area (Å²) >= 11 is 0. The average Bonchev–Trinajstić information content (AvgIpc) is 2.83. The average molecular weight is 500 g/mol. The highest BCUT2D eigenvalue weighted by atomic mass is 32.2. The second-order valence-electron chi connectivity index (χ2n) is 11.6. The van der Waals surface area contributed by atoms with E-state index in [1.807, 2.05) is 6.92 Å². The van der Waals surface area contributed by atoms with Crippen molar-refractivity contribution in [2.75, 3.05) is 19.6 Å². The first-order valence-electron chi connectivity index (χ1n) is 13.0. The van der Waals surface area contributed by atoms with Crippen molar-refractivity contribution < 1.29 is 18.0 Å². The normalized spacial score (nSPS) is 34.4. The molecule has 1 aliphatic heterocycles. The van der Waals surface area contributed by atoms with Crippen LogP contribution in [0.2, 0.25) is 0 Å². The zero-order chi connectivity index (χ0) is 24.8. The Balaban J connectivity index is 1.19. The number of carbonyl (C=O) groups excluding carboxylic acids is 2. The predicted molar refractivity (Wildman–Crippen MR) is 134 cm³/mol. The van der Waals surface area contributed by atoms with Gasteiger partial charge in [-0.2, -0.15) is 4.31 Å². The van der Waals surface area contributed by atoms with Crippen LogP contribution in [0.1, 0.15) is 62.2 Å². The quantitative estimate of drug-likeness (QED) is 0.563. The van der Waals surface area contributed by atoms with Crippen LogP contribution in [-0.4, -0.2) is 50.2 Å². The summed E-state index contributed by atoms with van der Waals surface area (Å²) in [6.07, 6.45) is 9.63. The van der Waals surface area contributed by atoms with Crippen molar-refractivity contribution in [2.45, 2.75) is 62.8 Å². The monoisotopic (exact) mass is 499 g/mol. The molecule has 0 aromatic heterocycles. The van der Waals surface area contributed by atoms with E-state index in [9.17, 15) is 18.0 Å². The van der Waals surface area contributed by atoms with Gasteiger partial charge in [0.25, 0.3) is 5.91 Å². The third-order valence-corrected chi connectivity index (χ3v) is 10.8. The number of carbonyl (C=O) groups is 2. The number of benzene rings is 1. The molecule has 2 unspecified atom stereocenters. The summed E-state index contributed by atoms with van der Waals surface area (Å²) < 4.78 is 27.9. The Morgan fingerprint density at radius 3 is 2.23 bits per heavy atom. The van der Waals surface area contributed by atoms with E-state index in [2.05, 4.69) is 17.2 Å². The molecule has 1 saturated heterocycles. The van der Waals surface area contributed by atoms with E-state index in [0.717, 1.165) is 24.3 Å². The van der Waals surface area contributed by atoms with Crippen molar-refractivity contribution in [3.05, 3.63) is 42.5 Å². The molecular formula is C27H37N3O4S. The lowest BCUT2D eigenvalue weighted by atomic mass is 9.49. The summed E-state index contributed by atoms with van der Waals surface area (Å²) in [5, 5.41) is 6.05. The molecule has 5 fully saturated rings. The number of rotatable bonds is 7. The molecule has 8 heteroatoms. The third-order valence-electron chi connectivity index (χ3n) is 8.92. The molecule has 2 atom stereocenters. The molecule has 4 bridgehead atoms. The fraction of sp³-hybridized carbons (Fsp3) is 0.630. The summed E-state index contributed by atoms with van der Waals surface area (Å²) in [5.74, 6) is 2.14. The highest BCUT2D eigenvalue weighted by Crippen LogP contribution is 2.59. The smallest absolute Gasteiger partial charge is 0.251 e. The van der Waals surface area contributed by atoms with Crippen LogP contribution in [-0.2, 0) is 14.8 Å². The van der Waals surface area contributed by atoms with Crippen molar-refractivity contribution in [1.82, 2.24) is 14.9 Å². The Hall–Kier alpha value is -2.19. The lowest BCUT2D eigenvalue weighted by Crippen LogP contribution is -2.51. The van der Waals surface area contributed by atoms with Gasteiger partial charge in [-0.25, -0.2) is 8.42 Å². The summed E-state index contributed by atoms with van der Waals surface area (Å²) in [7, 11) is -3.67. The lowest BCUT2D eigenvalue weighted by molar-refractivity contribution is -0.117. The maximum Gasteiger partial charge on any atom is 0.251 e. The van der Waals surface area contributed by atoms with Crippen molar-refractivity contribution >= 4 is 21.8 Å². The molecule has 1 aromatic carbocycles. The van der Waals surface area contributed by atoms with Crippen LogP contribution in [0.3, 0.4) is 0 Å². The topological polar surface area (TPSA) is 95.6 Å². The molecule has 35 heavy (non-hydrogen) atoms. The molecule has 1 heterocycles. The van der Waals surface area contributed by atoms with Crippen molar-refractivity contribution in [3.8, 4) is 0 Å². The van der Waals surface area contributed by atoms with Crippen LogP contribution >= 0.6 is 0 Å². The fourth-order valence-corrected chi connectivity index (χ4v) is 9.14. The van der Waals surface area contributed by atoms with Gasteiger partial charge < -0.3 is 10.6 Å². The zero-order valence-electron chi connectivity index (χ0n) is 20.5. The molecule has 2 amide bonds. The Morgan fingerprint density at radius 2 is 1.69 bits per heavy atom. The van der Waals surface area contributed by atoms with Crippen molar-refractivity contribution in [2.24, 2.45) is 29.1 Å². The van der Waals surface area contributed by atoms with Crippen LogP contribution in [0.5, 0.6) is 0 Å². The highest BCUT2D eigenvalue weighted by Gasteiger charge is 2.50. The van der Waals surface area contributed by atoms with E-state index in [-0.39, 0.29) is 34.1 Å². The number of nitrogens with one attached hydrogen (secondary N) is 2. The van der Waals surface area contributed by atoms with Crippen LogP contribution in [0.4, 0.5) is 0 Å². The van der Waals surface area contributed by atoms with Gasteiger partial charge in [-0.1, -0.05) is 13.5 Å². The van der Waals surface area contributed by atoms with E-state index < -0.39 is 10.0 Å². The SMILES string of the molecule is C=CC(=O)NC1CCN(S(=O)(=O)c2ccc(C(=O)NCC34CC5CC(CC(C5)C3)C4)cc2)CC1C. The Labute approximate surface area is 208 Å². The number of hydrogen-bond donors (Lipinski definition) is 2. The first kappa shape index (κ1) is 24.5. The number of amides is 2. The van der Waals surface area contributed by atoms with Gasteiger partial charge in [0.15, 0.2) is 0 Å². The van der Waals surface area contributed by atoms with Gasteiger partial charge in [0.2, 0.25) is 15.9 Å². The van der Waals surface area contributed by atoms with E-state index in [4.69, 9.17) is 0 Å². The second-order valence-corrected chi connectivity index (χ2v) is 13.5. The Bertz CT molecular complexity index is 1060. The number of sulfonamides is 1. The minimum Gasteiger partial charge on any atom is -0.351 e. The molecule has 4 saturated carbocycles. The first-order valence-corrected chi connectivity index (χ1v) is 14.4. The number of hydrogen-bond acceptors (Lipinski definition) is 4. The molecule has 190 valence electrons. The van der Waals surface area contributed by atoms with Gasteiger partial charge in [0.05, 0.1) is 4.90 Å². The second kappa shape index (κ2) is 9.36. The predicted octanol–water partition coefficient (Wildman–Crippen LogP) is 3.33. The summed E-state index contributed by atoms with van der Waals surface area (Å²) in [6.45, 7) is 6.80. The largest absolute Gasteiger partial charge is 0.351 e. The van der Waals surface area contributed by atoms with Crippen LogP contribution in [0.15, 0.2) is 41.8 Å². The molecule has 5 aliphatic rings. The van der Waals surface area contributed by atoms with Crippen LogP contribution in [0.25, 0.3) is 0 Å². The van der Waals surface area contributed by atoms with Crippen molar-refractivity contribution in [3.63, 3.8) is 0 Å². The molecule has 0 radical (unpaired) electrons. The lowest BCUT2D eigenvalue weighted by Gasteiger charge is -2.56. The van der Waals surface area contributed by atoms with Gasteiger partial charge in [0.1, 0.15) is 0 Å². The van der Waals surface area contributed by atoms with Gasteiger partial charge in [-0.3, -0.25) is 9.59 Å². The maximum absolute atomic E-state index is 13.2. The minimum atomic E-state index is -3.67. The van der Waals surface area contributed by atoms with Crippen LogP contribution in [0, 0.1) is 29.1 Å². The minimum absolute atomic E-state index is 0.0166. The molecule has 2 N–H and O–H groups in total. The molecule has 1 aromatic rings. The van der Waals surface area contributed by atoms with E-state index in [0.29, 0.717) is 25.1 Å². The summed E-state index contributed by atoms with van der Waals surface area (Å²) in [4.78, 5) is 24.7. The summed E-state index contributed by atoms with van der Waals surface area (Å²) in [5.41, 5.74) is 0.759. The van der Waals surface area contributed by atoms with E-state index >= 15 is 0 Å². The molecule has 4 aliphatic carbocycles. The fourth-order valence-electron chi connectivity index (χ4n) is 7.59. The maximum atomic E-state index is 13.2. The van der Waals surface area contributed by atoms with Gasteiger partial charge >= 0.3 is 0 Å². The molecular weight excluding hydrogens is 462 g/mol. The zero-order valence-corrected chi connectivity index (χ0v) is 21.4. The van der Waals surface area contributed by atoms with Gasteiger partial charge in [0, 0.05) is 31.2 Å². The standard InChI is InChI=1S/C27H37N3O4S/c1-3-25(31)29-24-8-9-30(16-18(24)2)35(33,34)23-6-4-22(5-7-23)26(32)28-17-27-13-19-10-20(14-27)12-21(11-19)15-27/h3-7,18-21,24H,1,8-17H2,2H3,(H,28,32)(H,29,31). The Kier molecular flexibility index (Phi) is 6.55. The van der Waals surface area contributed by atoms with Gasteiger partial charge in [-0.05, 0) is 104 Å². The Morgan fingerprint density at radius 1 is 1.09 bits per heavy atom. The molecule has 6 rings (SSSR count). The van der Waals surface area contributed by atoms with E-state index in [1.165, 1.54) is 61.0 Å². The van der Waals surface area contributed by atoms with E-state index in [1.54, 1.807) is 12.1 Å². The third kappa shape index (κ3) is 4.92. The molecule has 0 spiro atoms.